The van der Waals surface area contributed by atoms with E-state index in [1.54, 1.807) is 7.11 Å². The standard InChI is InChI=1S/C14H17NO2/c1-9-8-13(17-10(9)2)14(15)11-4-6-12(16-3)7-5-11/h4-8,14H,15H2,1-3H3. The first-order chi connectivity index (χ1) is 8.11. The van der Waals surface area contributed by atoms with Gasteiger partial charge in [-0.3, -0.25) is 0 Å². The second-order valence-electron chi connectivity index (χ2n) is 4.14. The fraction of sp³-hybridized carbons (Fsp3) is 0.286. The summed E-state index contributed by atoms with van der Waals surface area (Å²) in [6, 6.07) is 9.47. The Morgan fingerprint density at radius 3 is 2.29 bits per heavy atom. The van der Waals surface area contributed by atoms with Crippen molar-refractivity contribution in [2.24, 2.45) is 5.73 Å². The summed E-state index contributed by atoms with van der Waals surface area (Å²) in [6.45, 7) is 3.96. The van der Waals surface area contributed by atoms with Crippen LogP contribution in [0.2, 0.25) is 0 Å². The lowest BCUT2D eigenvalue weighted by Crippen LogP contribution is -2.10. The highest BCUT2D eigenvalue weighted by atomic mass is 16.5. The van der Waals surface area contributed by atoms with Crippen molar-refractivity contribution in [3.8, 4) is 5.75 Å². The van der Waals surface area contributed by atoms with Crippen LogP contribution in [0, 0.1) is 13.8 Å². The predicted molar refractivity (Wildman–Crippen MR) is 67.2 cm³/mol. The van der Waals surface area contributed by atoms with Crippen molar-refractivity contribution in [3.63, 3.8) is 0 Å². The molecule has 0 aliphatic heterocycles. The number of ether oxygens (including phenoxy) is 1. The Labute approximate surface area is 101 Å². The summed E-state index contributed by atoms with van der Waals surface area (Å²) in [4.78, 5) is 0. The van der Waals surface area contributed by atoms with E-state index in [4.69, 9.17) is 14.9 Å². The molecule has 1 aromatic carbocycles. The van der Waals surface area contributed by atoms with Gasteiger partial charge in [-0.15, -0.1) is 0 Å². The zero-order valence-corrected chi connectivity index (χ0v) is 10.4. The molecule has 2 aromatic rings. The smallest absolute Gasteiger partial charge is 0.125 e. The Bertz CT molecular complexity index is 480. The molecule has 1 atom stereocenters. The van der Waals surface area contributed by atoms with E-state index in [1.165, 1.54) is 0 Å². The van der Waals surface area contributed by atoms with Gasteiger partial charge in [-0.05, 0) is 43.2 Å². The summed E-state index contributed by atoms with van der Waals surface area (Å²) < 4.78 is 10.7. The van der Waals surface area contributed by atoms with Gasteiger partial charge in [0.1, 0.15) is 17.3 Å². The lowest BCUT2D eigenvalue weighted by molar-refractivity contribution is 0.414. The topological polar surface area (TPSA) is 48.4 Å². The zero-order valence-electron chi connectivity index (χ0n) is 10.4. The average Bonchev–Trinajstić information content (AvgIpc) is 2.69. The molecular formula is C14H17NO2. The number of nitrogens with two attached hydrogens (primary N) is 1. The lowest BCUT2D eigenvalue weighted by atomic mass is 10.1. The van der Waals surface area contributed by atoms with Crippen LogP contribution in [0.4, 0.5) is 0 Å². The number of furan rings is 1. The minimum atomic E-state index is -0.228. The number of rotatable bonds is 3. The number of benzene rings is 1. The SMILES string of the molecule is COc1ccc(C(N)c2cc(C)c(C)o2)cc1. The third-order valence-corrected chi connectivity index (χ3v) is 2.97. The van der Waals surface area contributed by atoms with E-state index in [0.29, 0.717) is 0 Å². The number of aryl methyl sites for hydroxylation is 2. The minimum absolute atomic E-state index is 0.228. The van der Waals surface area contributed by atoms with E-state index < -0.39 is 0 Å². The zero-order chi connectivity index (χ0) is 12.4. The summed E-state index contributed by atoms with van der Waals surface area (Å²) in [5, 5.41) is 0. The van der Waals surface area contributed by atoms with Gasteiger partial charge in [-0.1, -0.05) is 12.1 Å². The number of hydrogen-bond acceptors (Lipinski definition) is 3. The van der Waals surface area contributed by atoms with Crippen LogP contribution in [0.1, 0.15) is 28.7 Å². The third-order valence-electron chi connectivity index (χ3n) is 2.97. The molecule has 0 spiro atoms. The van der Waals surface area contributed by atoms with Gasteiger partial charge in [0, 0.05) is 0 Å². The summed E-state index contributed by atoms with van der Waals surface area (Å²) in [5.41, 5.74) is 8.30. The fourth-order valence-electron chi connectivity index (χ4n) is 1.73. The second-order valence-corrected chi connectivity index (χ2v) is 4.14. The first kappa shape index (κ1) is 11.7. The highest BCUT2D eigenvalue weighted by Gasteiger charge is 2.14. The molecule has 17 heavy (non-hydrogen) atoms. The van der Waals surface area contributed by atoms with Gasteiger partial charge in [0.15, 0.2) is 0 Å². The van der Waals surface area contributed by atoms with Crippen molar-refractivity contribution >= 4 is 0 Å². The number of hydrogen-bond donors (Lipinski definition) is 1. The van der Waals surface area contributed by atoms with Crippen LogP contribution in [-0.4, -0.2) is 7.11 Å². The molecule has 2 rings (SSSR count). The Morgan fingerprint density at radius 1 is 1.18 bits per heavy atom. The molecule has 0 fully saturated rings. The Morgan fingerprint density at radius 2 is 1.82 bits per heavy atom. The van der Waals surface area contributed by atoms with E-state index in [9.17, 15) is 0 Å². The highest BCUT2D eigenvalue weighted by Crippen LogP contribution is 2.25. The molecular weight excluding hydrogens is 214 g/mol. The second kappa shape index (κ2) is 4.63. The number of methoxy groups -OCH3 is 1. The maximum absolute atomic E-state index is 6.16. The molecule has 0 aliphatic carbocycles. The van der Waals surface area contributed by atoms with E-state index in [1.807, 2.05) is 44.2 Å². The van der Waals surface area contributed by atoms with Crippen LogP contribution >= 0.6 is 0 Å². The summed E-state index contributed by atoms with van der Waals surface area (Å²) in [7, 11) is 1.65. The van der Waals surface area contributed by atoms with Gasteiger partial charge in [0.05, 0.1) is 13.2 Å². The van der Waals surface area contributed by atoms with E-state index in [2.05, 4.69) is 0 Å². The predicted octanol–water partition coefficient (Wildman–Crippen LogP) is 2.95. The molecule has 0 saturated carbocycles. The van der Waals surface area contributed by atoms with Crippen molar-refractivity contribution in [1.29, 1.82) is 0 Å². The molecule has 1 unspecified atom stereocenters. The summed E-state index contributed by atoms with van der Waals surface area (Å²) >= 11 is 0. The van der Waals surface area contributed by atoms with Crippen LogP contribution < -0.4 is 10.5 Å². The normalized spacial score (nSPS) is 12.5. The first-order valence-electron chi connectivity index (χ1n) is 5.58. The van der Waals surface area contributed by atoms with Crippen molar-refractivity contribution < 1.29 is 9.15 Å². The van der Waals surface area contributed by atoms with Crippen molar-refractivity contribution in [2.75, 3.05) is 7.11 Å². The average molecular weight is 231 g/mol. The van der Waals surface area contributed by atoms with Crippen LogP contribution in [0.25, 0.3) is 0 Å². The van der Waals surface area contributed by atoms with Gasteiger partial charge in [0.2, 0.25) is 0 Å². The molecule has 0 saturated heterocycles. The van der Waals surface area contributed by atoms with Crippen molar-refractivity contribution in [3.05, 3.63) is 53.0 Å². The van der Waals surface area contributed by atoms with Gasteiger partial charge < -0.3 is 14.9 Å². The molecule has 1 aromatic heterocycles. The first-order valence-corrected chi connectivity index (χ1v) is 5.58. The molecule has 0 bridgehead atoms. The maximum atomic E-state index is 6.16. The van der Waals surface area contributed by atoms with Gasteiger partial charge in [0.25, 0.3) is 0 Å². The van der Waals surface area contributed by atoms with E-state index in [-0.39, 0.29) is 6.04 Å². The van der Waals surface area contributed by atoms with Crippen molar-refractivity contribution in [2.45, 2.75) is 19.9 Å². The molecule has 1 heterocycles. The molecule has 90 valence electrons. The Balaban J connectivity index is 2.26. The Kier molecular flexibility index (Phi) is 3.20. The third kappa shape index (κ3) is 2.34. The summed E-state index contributed by atoms with van der Waals surface area (Å²) in [6.07, 6.45) is 0. The molecule has 0 radical (unpaired) electrons. The Hall–Kier alpha value is -1.74. The molecule has 2 N–H and O–H groups in total. The molecule has 0 aliphatic rings. The quantitative estimate of drug-likeness (QED) is 0.883. The van der Waals surface area contributed by atoms with E-state index >= 15 is 0 Å². The van der Waals surface area contributed by atoms with Crippen molar-refractivity contribution in [1.82, 2.24) is 0 Å². The fourth-order valence-corrected chi connectivity index (χ4v) is 1.73. The largest absolute Gasteiger partial charge is 0.497 e. The van der Waals surface area contributed by atoms with Crippen LogP contribution in [0.5, 0.6) is 5.75 Å². The monoisotopic (exact) mass is 231 g/mol. The van der Waals surface area contributed by atoms with Crippen LogP contribution in [0.15, 0.2) is 34.7 Å². The minimum Gasteiger partial charge on any atom is -0.497 e. The molecule has 3 heteroatoms. The van der Waals surface area contributed by atoms with Crippen LogP contribution in [0.3, 0.4) is 0 Å². The maximum Gasteiger partial charge on any atom is 0.125 e. The summed E-state index contributed by atoms with van der Waals surface area (Å²) in [5.74, 6) is 2.54. The lowest BCUT2D eigenvalue weighted by Gasteiger charge is -2.09. The van der Waals surface area contributed by atoms with Gasteiger partial charge >= 0.3 is 0 Å². The van der Waals surface area contributed by atoms with Crippen LogP contribution in [-0.2, 0) is 0 Å². The van der Waals surface area contributed by atoms with Gasteiger partial charge in [-0.2, -0.15) is 0 Å². The molecule has 3 nitrogen and oxygen atoms in total. The molecule has 0 amide bonds. The van der Waals surface area contributed by atoms with E-state index in [0.717, 1.165) is 28.4 Å². The van der Waals surface area contributed by atoms with Gasteiger partial charge in [-0.25, -0.2) is 0 Å². The highest BCUT2D eigenvalue weighted by molar-refractivity contribution is 5.33.